The lowest BCUT2D eigenvalue weighted by Gasteiger charge is -2.11. The normalized spacial score (nSPS) is 12.8. The summed E-state index contributed by atoms with van der Waals surface area (Å²) in [6, 6.07) is 3.48. The molecule has 0 fully saturated rings. The van der Waals surface area contributed by atoms with Crippen molar-refractivity contribution in [3.8, 4) is 0 Å². The number of thiophene rings is 1. The molecule has 5 heteroatoms. The van der Waals surface area contributed by atoms with Crippen LogP contribution in [0.4, 0.5) is 8.78 Å². The van der Waals surface area contributed by atoms with Crippen LogP contribution >= 0.6 is 22.9 Å². The van der Waals surface area contributed by atoms with Crippen LogP contribution in [0.1, 0.15) is 17.2 Å². The molecule has 2 rings (SSSR count). The predicted octanol–water partition coefficient (Wildman–Crippen LogP) is 3.76. The van der Waals surface area contributed by atoms with Gasteiger partial charge in [0.2, 0.25) is 0 Å². The first-order valence-electron chi connectivity index (χ1n) is 4.44. The quantitative estimate of drug-likeness (QED) is 0.815. The highest BCUT2D eigenvalue weighted by atomic mass is 35.5. The second-order valence-corrected chi connectivity index (χ2v) is 4.43. The molecule has 84 valence electrons. The van der Waals surface area contributed by atoms with Gasteiger partial charge in [0, 0.05) is 10.6 Å². The van der Waals surface area contributed by atoms with Crippen molar-refractivity contribution in [2.75, 3.05) is 0 Å². The van der Waals surface area contributed by atoms with E-state index in [1.54, 1.807) is 16.8 Å². The molecule has 1 N–H and O–H groups in total. The Balaban J connectivity index is 2.44. The lowest BCUT2D eigenvalue weighted by molar-refractivity contribution is 0.220. The van der Waals surface area contributed by atoms with Crippen LogP contribution in [0.2, 0.25) is 5.02 Å². The largest absolute Gasteiger partial charge is 0.384 e. The van der Waals surface area contributed by atoms with E-state index in [9.17, 15) is 13.9 Å². The smallest absolute Gasteiger partial charge is 0.160 e. The minimum atomic E-state index is -1.03. The second-order valence-electron chi connectivity index (χ2n) is 3.25. The van der Waals surface area contributed by atoms with Gasteiger partial charge in [-0.2, -0.15) is 11.3 Å². The third-order valence-corrected chi connectivity index (χ3v) is 3.22. The summed E-state index contributed by atoms with van der Waals surface area (Å²) in [5.74, 6) is -2.04. The van der Waals surface area contributed by atoms with E-state index in [0.29, 0.717) is 5.56 Å². The average molecular weight is 261 g/mol. The summed E-state index contributed by atoms with van der Waals surface area (Å²) >= 11 is 7.15. The third-order valence-electron chi connectivity index (χ3n) is 2.19. The zero-order valence-corrected chi connectivity index (χ0v) is 9.53. The van der Waals surface area contributed by atoms with Crippen molar-refractivity contribution in [1.29, 1.82) is 0 Å². The molecule has 0 aliphatic carbocycles. The van der Waals surface area contributed by atoms with E-state index >= 15 is 0 Å². The minimum Gasteiger partial charge on any atom is -0.384 e. The molecule has 1 nitrogen and oxygen atoms in total. The van der Waals surface area contributed by atoms with E-state index in [4.69, 9.17) is 11.6 Å². The summed E-state index contributed by atoms with van der Waals surface area (Å²) in [4.78, 5) is 0. The number of rotatable bonds is 2. The number of aliphatic hydroxyl groups excluding tert-OH is 1. The fraction of sp³-hybridized carbons (Fsp3) is 0.0909. The Labute approximate surface area is 99.9 Å². The Morgan fingerprint density at radius 1 is 1.25 bits per heavy atom. The van der Waals surface area contributed by atoms with Gasteiger partial charge in [0.15, 0.2) is 11.6 Å². The molecule has 2 aromatic rings. The summed E-state index contributed by atoms with van der Waals surface area (Å²) in [5.41, 5.74) is 0.775. The first-order valence-corrected chi connectivity index (χ1v) is 5.76. The molecule has 1 aromatic carbocycles. The molecule has 0 spiro atoms. The van der Waals surface area contributed by atoms with Gasteiger partial charge in [0.25, 0.3) is 0 Å². The van der Waals surface area contributed by atoms with Crippen molar-refractivity contribution in [1.82, 2.24) is 0 Å². The summed E-state index contributed by atoms with van der Waals surface area (Å²) in [7, 11) is 0. The first kappa shape index (κ1) is 11.5. The zero-order valence-electron chi connectivity index (χ0n) is 7.95. The van der Waals surface area contributed by atoms with E-state index < -0.39 is 17.7 Å². The van der Waals surface area contributed by atoms with Gasteiger partial charge in [-0.05, 0) is 34.5 Å². The lowest BCUT2D eigenvalue weighted by atomic mass is 10.0. The molecule has 0 amide bonds. The molecule has 0 saturated heterocycles. The SMILES string of the molecule is OC(c1ccsc1)c1cc(F)c(F)cc1Cl. The number of hydrogen-bond donors (Lipinski definition) is 1. The maximum atomic E-state index is 13.0. The van der Waals surface area contributed by atoms with Crippen molar-refractivity contribution in [3.63, 3.8) is 0 Å². The summed E-state index contributed by atoms with van der Waals surface area (Å²) < 4.78 is 25.8. The van der Waals surface area contributed by atoms with Gasteiger partial charge >= 0.3 is 0 Å². The first-order chi connectivity index (χ1) is 7.59. The molecule has 0 radical (unpaired) electrons. The third kappa shape index (κ3) is 2.09. The Bertz CT molecular complexity index is 499. The number of halogens is 3. The highest BCUT2D eigenvalue weighted by Crippen LogP contribution is 2.30. The van der Waals surface area contributed by atoms with E-state index in [-0.39, 0.29) is 10.6 Å². The van der Waals surface area contributed by atoms with Gasteiger partial charge in [-0.25, -0.2) is 8.78 Å². The van der Waals surface area contributed by atoms with Crippen LogP contribution in [0.25, 0.3) is 0 Å². The Hall–Kier alpha value is -0.970. The molecule has 0 aliphatic rings. The summed E-state index contributed by atoms with van der Waals surface area (Å²) in [6.07, 6.45) is -1.03. The standard InChI is InChI=1S/C11H7ClF2OS/c12-8-4-10(14)9(13)3-7(8)11(15)6-1-2-16-5-6/h1-5,11,15H. The van der Waals surface area contributed by atoms with Gasteiger partial charge in [-0.15, -0.1) is 0 Å². The Kier molecular flexibility index (Phi) is 3.23. The van der Waals surface area contributed by atoms with Gasteiger partial charge < -0.3 is 5.11 Å². The van der Waals surface area contributed by atoms with Crippen LogP contribution in [-0.4, -0.2) is 5.11 Å². The van der Waals surface area contributed by atoms with Crippen molar-refractivity contribution in [3.05, 3.63) is 56.7 Å². The Morgan fingerprint density at radius 2 is 1.94 bits per heavy atom. The number of aliphatic hydroxyl groups is 1. The molecule has 0 aliphatic heterocycles. The minimum absolute atomic E-state index is 0.0117. The van der Waals surface area contributed by atoms with Crippen molar-refractivity contribution < 1.29 is 13.9 Å². The summed E-state index contributed by atoms with van der Waals surface area (Å²) in [6.45, 7) is 0. The van der Waals surface area contributed by atoms with Gasteiger partial charge in [-0.1, -0.05) is 11.6 Å². The number of benzene rings is 1. The molecule has 1 heterocycles. The molecule has 16 heavy (non-hydrogen) atoms. The molecular formula is C11H7ClF2OS. The van der Waals surface area contributed by atoms with Crippen molar-refractivity contribution >= 4 is 22.9 Å². The fourth-order valence-corrected chi connectivity index (χ4v) is 2.29. The van der Waals surface area contributed by atoms with Gasteiger partial charge in [-0.3, -0.25) is 0 Å². The monoisotopic (exact) mass is 260 g/mol. The van der Waals surface area contributed by atoms with Gasteiger partial charge in [0.1, 0.15) is 6.10 Å². The van der Waals surface area contributed by atoms with E-state index in [2.05, 4.69) is 0 Å². The van der Waals surface area contributed by atoms with Gasteiger partial charge in [0.05, 0.1) is 0 Å². The van der Waals surface area contributed by atoms with Crippen LogP contribution in [0, 0.1) is 11.6 Å². The molecule has 0 bridgehead atoms. The molecule has 0 saturated carbocycles. The van der Waals surface area contributed by atoms with E-state index in [1.165, 1.54) is 11.3 Å². The zero-order chi connectivity index (χ0) is 11.7. The van der Waals surface area contributed by atoms with Crippen LogP contribution < -0.4 is 0 Å². The van der Waals surface area contributed by atoms with Crippen LogP contribution in [-0.2, 0) is 0 Å². The molecule has 1 unspecified atom stereocenters. The molecule has 1 aromatic heterocycles. The topological polar surface area (TPSA) is 20.2 Å². The van der Waals surface area contributed by atoms with Crippen molar-refractivity contribution in [2.45, 2.75) is 6.10 Å². The lowest BCUT2D eigenvalue weighted by Crippen LogP contribution is -2.01. The van der Waals surface area contributed by atoms with Crippen LogP contribution in [0.5, 0.6) is 0 Å². The predicted molar refractivity (Wildman–Crippen MR) is 59.7 cm³/mol. The van der Waals surface area contributed by atoms with Crippen molar-refractivity contribution in [2.24, 2.45) is 0 Å². The maximum Gasteiger partial charge on any atom is 0.160 e. The molecule has 1 atom stereocenters. The highest BCUT2D eigenvalue weighted by molar-refractivity contribution is 7.07. The maximum absolute atomic E-state index is 13.0. The van der Waals surface area contributed by atoms with E-state index in [0.717, 1.165) is 12.1 Å². The van der Waals surface area contributed by atoms with Crippen LogP contribution in [0.15, 0.2) is 29.0 Å². The average Bonchev–Trinajstić information content (AvgIpc) is 2.75. The second kappa shape index (κ2) is 4.49. The van der Waals surface area contributed by atoms with Crippen LogP contribution in [0.3, 0.4) is 0 Å². The number of hydrogen-bond acceptors (Lipinski definition) is 2. The Morgan fingerprint density at radius 3 is 2.56 bits per heavy atom. The molecular weight excluding hydrogens is 254 g/mol. The highest BCUT2D eigenvalue weighted by Gasteiger charge is 2.17. The fourth-order valence-electron chi connectivity index (χ4n) is 1.36. The summed E-state index contributed by atoms with van der Waals surface area (Å²) in [5, 5.41) is 13.4. The van der Waals surface area contributed by atoms with E-state index in [1.807, 2.05) is 0 Å².